The summed E-state index contributed by atoms with van der Waals surface area (Å²) in [4.78, 5) is 11.9. The van der Waals surface area contributed by atoms with Crippen molar-refractivity contribution in [3.8, 4) is 5.75 Å². The molecule has 17 heavy (non-hydrogen) atoms. The Hall–Kier alpha value is -1.75. The van der Waals surface area contributed by atoms with Crippen molar-refractivity contribution < 1.29 is 14.6 Å². The molecule has 1 amide bonds. The van der Waals surface area contributed by atoms with Crippen LogP contribution in [-0.4, -0.2) is 30.8 Å². The van der Waals surface area contributed by atoms with Gasteiger partial charge in [-0.3, -0.25) is 4.79 Å². The van der Waals surface area contributed by atoms with Gasteiger partial charge in [0.15, 0.2) is 0 Å². The lowest BCUT2D eigenvalue weighted by molar-refractivity contribution is 0.0916. The summed E-state index contributed by atoms with van der Waals surface area (Å²) < 4.78 is 5.00. The fourth-order valence-corrected chi connectivity index (χ4v) is 1.41. The molecule has 0 bridgehead atoms. The van der Waals surface area contributed by atoms with Gasteiger partial charge in [-0.2, -0.15) is 0 Å². The fourth-order valence-electron chi connectivity index (χ4n) is 1.41. The molecule has 94 valence electrons. The first-order valence-electron chi connectivity index (χ1n) is 5.47. The Balaban J connectivity index is 2.82. The van der Waals surface area contributed by atoms with E-state index < -0.39 is 0 Å². The van der Waals surface area contributed by atoms with Gasteiger partial charge in [0, 0.05) is 11.8 Å². The zero-order valence-electron chi connectivity index (χ0n) is 10.1. The number of nitrogen functional groups attached to an aromatic ring is 1. The monoisotopic (exact) mass is 238 g/mol. The summed E-state index contributed by atoms with van der Waals surface area (Å²) in [7, 11) is 1.54. The maximum atomic E-state index is 11.9. The average Bonchev–Trinajstić information content (AvgIpc) is 2.35. The molecule has 5 nitrogen and oxygen atoms in total. The zero-order chi connectivity index (χ0) is 12.8. The summed E-state index contributed by atoms with van der Waals surface area (Å²) in [5, 5.41) is 11.7. The minimum Gasteiger partial charge on any atom is -0.497 e. The van der Waals surface area contributed by atoms with Crippen molar-refractivity contribution >= 4 is 11.6 Å². The number of anilines is 1. The number of aliphatic hydroxyl groups is 1. The van der Waals surface area contributed by atoms with Crippen molar-refractivity contribution in [2.75, 3.05) is 19.5 Å². The van der Waals surface area contributed by atoms with Gasteiger partial charge >= 0.3 is 0 Å². The Kier molecular flexibility index (Phi) is 4.78. The standard InChI is InChI=1S/C12H18N2O3/c1-3-8(7-15)14-12(16)10-5-4-9(17-2)6-11(10)13/h4-6,8,15H,3,7,13H2,1-2H3,(H,14,16). The topological polar surface area (TPSA) is 84.6 Å². The Morgan fingerprint density at radius 3 is 2.76 bits per heavy atom. The van der Waals surface area contributed by atoms with Gasteiger partial charge in [0.05, 0.1) is 25.3 Å². The fraction of sp³-hybridized carbons (Fsp3) is 0.417. The normalized spacial score (nSPS) is 11.9. The van der Waals surface area contributed by atoms with Gasteiger partial charge < -0.3 is 20.9 Å². The van der Waals surface area contributed by atoms with Crippen molar-refractivity contribution in [1.29, 1.82) is 0 Å². The van der Waals surface area contributed by atoms with Crippen molar-refractivity contribution in [2.45, 2.75) is 19.4 Å². The molecule has 1 aromatic rings. The predicted molar refractivity (Wildman–Crippen MR) is 66.0 cm³/mol. The summed E-state index contributed by atoms with van der Waals surface area (Å²) in [6.45, 7) is 1.80. The second-order valence-corrected chi connectivity index (χ2v) is 3.71. The molecule has 0 saturated carbocycles. The number of hydrogen-bond donors (Lipinski definition) is 3. The van der Waals surface area contributed by atoms with Crippen LogP contribution < -0.4 is 15.8 Å². The maximum Gasteiger partial charge on any atom is 0.253 e. The van der Waals surface area contributed by atoms with E-state index in [1.807, 2.05) is 6.92 Å². The van der Waals surface area contributed by atoms with E-state index >= 15 is 0 Å². The predicted octanol–water partition coefficient (Wildman–Crippen LogP) is 0.778. The van der Waals surface area contributed by atoms with E-state index in [0.29, 0.717) is 23.4 Å². The van der Waals surface area contributed by atoms with Gasteiger partial charge in [-0.15, -0.1) is 0 Å². The number of aliphatic hydroxyl groups excluding tert-OH is 1. The highest BCUT2D eigenvalue weighted by molar-refractivity contribution is 5.99. The third-order valence-corrected chi connectivity index (χ3v) is 2.55. The molecule has 1 atom stereocenters. The summed E-state index contributed by atoms with van der Waals surface area (Å²) >= 11 is 0. The van der Waals surface area contributed by atoms with Crippen molar-refractivity contribution in [1.82, 2.24) is 5.32 Å². The van der Waals surface area contributed by atoms with Crippen LogP contribution in [0.2, 0.25) is 0 Å². The SMILES string of the molecule is CCC(CO)NC(=O)c1ccc(OC)cc1N. The minimum atomic E-state index is -0.286. The maximum absolute atomic E-state index is 11.9. The first-order valence-corrected chi connectivity index (χ1v) is 5.47. The molecular formula is C12H18N2O3. The molecule has 0 aliphatic carbocycles. The van der Waals surface area contributed by atoms with Crippen LogP contribution in [-0.2, 0) is 0 Å². The van der Waals surface area contributed by atoms with Crippen molar-refractivity contribution in [3.63, 3.8) is 0 Å². The molecule has 0 radical (unpaired) electrons. The zero-order valence-corrected chi connectivity index (χ0v) is 10.1. The van der Waals surface area contributed by atoms with Crippen LogP contribution >= 0.6 is 0 Å². The van der Waals surface area contributed by atoms with Gasteiger partial charge in [-0.05, 0) is 18.6 Å². The van der Waals surface area contributed by atoms with E-state index in [1.165, 1.54) is 7.11 Å². The van der Waals surface area contributed by atoms with Crippen LogP contribution in [0.15, 0.2) is 18.2 Å². The lowest BCUT2D eigenvalue weighted by atomic mass is 10.1. The highest BCUT2D eigenvalue weighted by Gasteiger charge is 2.14. The Bertz CT molecular complexity index is 389. The van der Waals surface area contributed by atoms with E-state index in [0.717, 1.165) is 0 Å². The van der Waals surface area contributed by atoms with E-state index in [9.17, 15) is 4.79 Å². The van der Waals surface area contributed by atoms with Gasteiger partial charge in [0.25, 0.3) is 5.91 Å². The molecule has 0 saturated heterocycles. The van der Waals surface area contributed by atoms with Gasteiger partial charge in [0.1, 0.15) is 5.75 Å². The third kappa shape index (κ3) is 3.35. The van der Waals surface area contributed by atoms with Crippen LogP contribution in [0.5, 0.6) is 5.75 Å². The molecule has 0 aliphatic rings. The Labute approximate surface area is 101 Å². The largest absolute Gasteiger partial charge is 0.497 e. The van der Waals surface area contributed by atoms with E-state index in [4.69, 9.17) is 15.6 Å². The molecular weight excluding hydrogens is 220 g/mol. The van der Waals surface area contributed by atoms with Crippen LogP contribution in [0.1, 0.15) is 23.7 Å². The number of hydrogen-bond acceptors (Lipinski definition) is 4. The summed E-state index contributed by atoms with van der Waals surface area (Å²) in [5.74, 6) is 0.319. The summed E-state index contributed by atoms with van der Waals surface area (Å²) in [6.07, 6.45) is 0.665. The third-order valence-electron chi connectivity index (χ3n) is 2.55. The number of benzene rings is 1. The van der Waals surface area contributed by atoms with Gasteiger partial charge in [0.2, 0.25) is 0 Å². The minimum absolute atomic E-state index is 0.0850. The molecule has 4 N–H and O–H groups in total. The van der Waals surface area contributed by atoms with E-state index in [-0.39, 0.29) is 18.6 Å². The second-order valence-electron chi connectivity index (χ2n) is 3.71. The molecule has 0 aromatic heterocycles. The number of amides is 1. The number of methoxy groups -OCH3 is 1. The molecule has 0 aliphatic heterocycles. The quantitative estimate of drug-likeness (QED) is 0.662. The highest BCUT2D eigenvalue weighted by atomic mass is 16.5. The first-order chi connectivity index (χ1) is 8.12. The van der Waals surface area contributed by atoms with Crippen molar-refractivity contribution in [3.05, 3.63) is 23.8 Å². The summed E-state index contributed by atoms with van der Waals surface area (Å²) in [6, 6.07) is 4.62. The molecule has 1 unspecified atom stereocenters. The average molecular weight is 238 g/mol. The van der Waals surface area contributed by atoms with Gasteiger partial charge in [-0.1, -0.05) is 6.92 Å². The van der Waals surface area contributed by atoms with Crippen LogP contribution in [0.4, 0.5) is 5.69 Å². The number of carbonyl (C=O) groups is 1. The number of carbonyl (C=O) groups excluding carboxylic acids is 1. The molecule has 5 heteroatoms. The number of nitrogens with two attached hydrogens (primary N) is 1. The van der Waals surface area contributed by atoms with Crippen LogP contribution in [0.3, 0.4) is 0 Å². The van der Waals surface area contributed by atoms with E-state index in [2.05, 4.69) is 5.32 Å². The number of ether oxygens (including phenoxy) is 1. The Morgan fingerprint density at radius 2 is 2.29 bits per heavy atom. The Morgan fingerprint density at radius 1 is 1.59 bits per heavy atom. The molecule has 1 rings (SSSR count). The summed E-state index contributed by atoms with van der Waals surface area (Å²) in [5.41, 5.74) is 6.50. The number of rotatable bonds is 5. The van der Waals surface area contributed by atoms with E-state index in [1.54, 1.807) is 18.2 Å². The molecule has 1 aromatic carbocycles. The highest BCUT2D eigenvalue weighted by Crippen LogP contribution is 2.19. The molecule has 0 spiro atoms. The molecule has 0 heterocycles. The number of nitrogens with one attached hydrogen (secondary N) is 1. The molecule has 0 fully saturated rings. The van der Waals surface area contributed by atoms with Crippen molar-refractivity contribution in [2.24, 2.45) is 0 Å². The lowest BCUT2D eigenvalue weighted by Crippen LogP contribution is -2.37. The van der Waals surface area contributed by atoms with Crippen LogP contribution in [0.25, 0.3) is 0 Å². The smallest absolute Gasteiger partial charge is 0.253 e. The lowest BCUT2D eigenvalue weighted by Gasteiger charge is -2.15. The second kappa shape index (κ2) is 6.10. The van der Waals surface area contributed by atoms with Gasteiger partial charge in [-0.25, -0.2) is 0 Å². The first kappa shape index (κ1) is 13.3. The van der Waals surface area contributed by atoms with Crippen LogP contribution in [0, 0.1) is 0 Å².